The number of hydrogen-bond acceptors (Lipinski definition) is 3. The minimum Gasteiger partial charge on any atom is -0.377 e. The zero-order valence-electron chi connectivity index (χ0n) is 12.5. The third-order valence-corrected chi connectivity index (χ3v) is 4.50. The molecule has 0 saturated carbocycles. The van der Waals surface area contributed by atoms with Gasteiger partial charge in [-0.25, -0.2) is 4.68 Å². The quantitative estimate of drug-likeness (QED) is 0.901. The number of rotatable bonds is 5. The molecule has 1 N–H and O–H groups in total. The lowest BCUT2D eigenvalue weighted by Crippen LogP contribution is -2.26. The summed E-state index contributed by atoms with van der Waals surface area (Å²) in [7, 11) is 0. The number of ether oxygens (including phenoxy) is 1. The molecule has 6 heteroatoms. The van der Waals surface area contributed by atoms with Gasteiger partial charge in [0.1, 0.15) is 5.15 Å². The normalized spacial score (nSPS) is 18.0. The molecule has 3 rings (SSSR count). The highest BCUT2D eigenvalue weighted by Gasteiger charge is 2.17. The fraction of sp³-hybridized carbons (Fsp3) is 0.438. The highest BCUT2D eigenvalue weighted by molar-refractivity contribution is 6.31. The standard InChI is InChI=1S/C16H19Cl2N3O/c1-11-15(10-19-9-14-6-3-7-22-14)16(18)21(20-11)13-5-2-4-12(17)8-13/h2,4-5,8,14,19H,3,6-7,9-10H2,1H3. The van der Waals surface area contributed by atoms with E-state index in [9.17, 15) is 0 Å². The SMILES string of the molecule is Cc1nn(-c2cccc(Cl)c2)c(Cl)c1CNCC1CCCO1. The number of hydrogen-bond donors (Lipinski definition) is 1. The van der Waals surface area contributed by atoms with Crippen molar-refractivity contribution in [3.63, 3.8) is 0 Å². The monoisotopic (exact) mass is 339 g/mol. The van der Waals surface area contributed by atoms with Crippen LogP contribution in [0.25, 0.3) is 5.69 Å². The summed E-state index contributed by atoms with van der Waals surface area (Å²) in [5, 5.41) is 9.23. The first-order valence-corrected chi connectivity index (χ1v) is 8.23. The smallest absolute Gasteiger partial charge is 0.137 e. The predicted octanol–water partition coefficient (Wildman–Crippen LogP) is 3.76. The van der Waals surface area contributed by atoms with Gasteiger partial charge < -0.3 is 10.1 Å². The molecule has 1 aromatic carbocycles. The van der Waals surface area contributed by atoms with Gasteiger partial charge in [0.15, 0.2) is 0 Å². The summed E-state index contributed by atoms with van der Waals surface area (Å²) >= 11 is 12.5. The maximum absolute atomic E-state index is 6.50. The maximum Gasteiger partial charge on any atom is 0.137 e. The van der Waals surface area contributed by atoms with Crippen LogP contribution in [0.3, 0.4) is 0 Å². The molecule has 2 aromatic rings. The van der Waals surface area contributed by atoms with Crippen LogP contribution in [0.2, 0.25) is 10.2 Å². The molecule has 1 aliphatic rings. The molecule has 1 atom stereocenters. The second-order valence-corrected chi connectivity index (χ2v) is 6.31. The fourth-order valence-corrected chi connectivity index (χ4v) is 3.20. The molecule has 1 saturated heterocycles. The summed E-state index contributed by atoms with van der Waals surface area (Å²) < 4.78 is 7.34. The van der Waals surface area contributed by atoms with Crippen LogP contribution in [-0.2, 0) is 11.3 Å². The molecule has 1 unspecified atom stereocenters. The minimum absolute atomic E-state index is 0.321. The summed E-state index contributed by atoms with van der Waals surface area (Å²) in [6, 6.07) is 7.51. The van der Waals surface area contributed by atoms with Crippen molar-refractivity contribution in [1.29, 1.82) is 0 Å². The van der Waals surface area contributed by atoms with E-state index in [2.05, 4.69) is 10.4 Å². The van der Waals surface area contributed by atoms with Crippen molar-refractivity contribution in [2.45, 2.75) is 32.4 Å². The van der Waals surface area contributed by atoms with Crippen LogP contribution in [0.5, 0.6) is 0 Å². The van der Waals surface area contributed by atoms with Crippen molar-refractivity contribution in [1.82, 2.24) is 15.1 Å². The Kier molecular flexibility index (Phi) is 5.03. The van der Waals surface area contributed by atoms with Gasteiger partial charge in [0.2, 0.25) is 0 Å². The van der Waals surface area contributed by atoms with Crippen LogP contribution in [0.4, 0.5) is 0 Å². The average molecular weight is 340 g/mol. The first kappa shape index (κ1) is 15.8. The molecule has 4 nitrogen and oxygen atoms in total. The highest BCUT2D eigenvalue weighted by Crippen LogP contribution is 2.25. The van der Waals surface area contributed by atoms with Crippen LogP contribution in [0.1, 0.15) is 24.1 Å². The van der Waals surface area contributed by atoms with Crippen LogP contribution in [0, 0.1) is 6.92 Å². The number of nitrogens with one attached hydrogen (secondary N) is 1. The van der Waals surface area contributed by atoms with E-state index in [1.54, 1.807) is 4.68 Å². The third kappa shape index (κ3) is 3.46. The molecule has 0 aliphatic carbocycles. The number of nitrogens with zero attached hydrogens (tertiary/aromatic N) is 2. The largest absolute Gasteiger partial charge is 0.377 e. The Bertz CT molecular complexity index is 651. The number of halogens is 2. The topological polar surface area (TPSA) is 39.1 Å². The first-order valence-electron chi connectivity index (χ1n) is 7.47. The molecule has 0 radical (unpaired) electrons. The van der Waals surface area contributed by atoms with Gasteiger partial charge in [-0.2, -0.15) is 5.10 Å². The number of benzene rings is 1. The molecule has 0 amide bonds. The first-order chi connectivity index (χ1) is 10.6. The van der Waals surface area contributed by atoms with E-state index in [-0.39, 0.29) is 0 Å². The van der Waals surface area contributed by atoms with E-state index in [1.807, 2.05) is 31.2 Å². The Hall–Kier alpha value is -1.07. The van der Waals surface area contributed by atoms with Gasteiger partial charge in [0, 0.05) is 30.3 Å². The number of aromatic nitrogens is 2. The van der Waals surface area contributed by atoms with Gasteiger partial charge in [-0.05, 0) is 38.0 Å². The Labute approximate surface area is 140 Å². The molecule has 0 bridgehead atoms. The Morgan fingerprint density at radius 2 is 2.27 bits per heavy atom. The van der Waals surface area contributed by atoms with Gasteiger partial charge in [-0.1, -0.05) is 29.3 Å². The van der Waals surface area contributed by atoms with Crippen molar-refractivity contribution < 1.29 is 4.74 Å². The van der Waals surface area contributed by atoms with Crippen molar-refractivity contribution in [3.05, 3.63) is 45.7 Å². The van der Waals surface area contributed by atoms with Gasteiger partial charge in [0.25, 0.3) is 0 Å². The Morgan fingerprint density at radius 3 is 3.00 bits per heavy atom. The molecule has 1 fully saturated rings. The van der Waals surface area contributed by atoms with Crippen LogP contribution < -0.4 is 5.32 Å². The lowest BCUT2D eigenvalue weighted by molar-refractivity contribution is 0.110. The van der Waals surface area contributed by atoms with Crippen molar-refractivity contribution in [2.75, 3.05) is 13.2 Å². The zero-order chi connectivity index (χ0) is 15.5. The van der Waals surface area contributed by atoms with E-state index >= 15 is 0 Å². The van der Waals surface area contributed by atoms with Crippen molar-refractivity contribution >= 4 is 23.2 Å². The maximum atomic E-state index is 6.50. The van der Waals surface area contributed by atoms with E-state index in [0.29, 0.717) is 22.8 Å². The zero-order valence-corrected chi connectivity index (χ0v) is 14.0. The van der Waals surface area contributed by atoms with Gasteiger partial charge in [-0.15, -0.1) is 0 Å². The lowest BCUT2D eigenvalue weighted by Gasteiger charge is -2.10. The molecular formula is C16H19Cl2N3O. The molecule has 0 spiro atoms. The minimum atomic E-state index is 0.321. The molecule has 2 heterocycles. The molecule has 1 aromatic heterocycles. The highest BCUT2D eigenvalue weighted by atomic mass is 35.5. The second-order valence-electron chi connectivity index (χ2n) is 5.51. The molecule has 22 heavy (non-hydrogen) atoms. The van der Waals surface area contributed by atoms with Gasteiger partial charge in [-0.3, -0.25) is 0 Å². The summed E-state index contributed by atoms with van der Waals surface area (Å²) in [6.07, 6.45) is 2.60. The lowest BCUT2D eigenvalue weighted by atomic mass is 10.2. The van der Waals surface area contributed by atoms with Gasteiger partial charge in [0.05, 0.1) is 17.5 Å². The van der Waals surface area contributed by atoms with E-state index < -0.39 is 0 Å². The third-order valence-electron chi connectivity index (χ3n) is 3.87. The Morgan fingerprint density at radius 1 is 1.41 bits per heavy atom. The van der Waals surface area contributed by atoms with E-state index in [1.165, 1.54) is 0 Å². The average Bonchev–Trinajstić information content (AvgIpc) is 3.10. The molecule has 1 aliphatic heterocycles. The van der Waals surface area contributed by atoms with E-state index in [0.717, 1.165) is 42.9 Å². The Balaban J connectivity index is 1.72. The van der Waals surface area contributed by atoms with E-state index in [4.69, 9.17) is 27.9 Å². The summed E-state index contributed by atoms with van der Waals surface area (Å²) in [4.78, 5) is 0. The van der Waals surface area contributed by atoms with Gasteiger partial charge >= 0.3 is 0 Å². The fourth-order valence-electron chi connectivity index (χ4n) is 2.67. The number of aryl methyl sites for hydroxylation is 1. The molecule has 118 valence electrons. The second kappa shape index (κ2) is 7.01. The summed E-state index contributed by atoms with van der Waals surface area (Å²) in [5.41, 5.74) is 2.80. The van der Waals surface area contributed by atoms with Crippen molar-refractivity contribution in [3.8, 4) is 5.69 Å². The molecular weight excluding hydrogens is 321 g/mol. The summed E-state index contributed by atoms with van der Waals surface area (Å²) in [6.45, 7) is 4.37. The predicted molar refractivity (Wildman–Crippen MR) is 89.0 cm³/mol. The van der Waals surface area contributed by atoms with Crippen LogP contribution in [0.15, 0.2) is 24.3 Å². The van der Waals surface area contributed by atoms with Crippen LogP contribution >= 0.6 is 23.2 Å². The van der Waals surface area contributed by atoms with Crippen molar-refractivity contribution in [2.24, 2.45) is 0 Å². The summed E-state index contributed by atoms with van der Waals surface area (Å²) in [5.74, 6) is 0. The van der Waals surface area contributed by atoms with Crippen LogP contribution in [-0.4, -0.2) is 29.0 Å².